The maximum Gasteiger partial charge on any atom is 0.293 e. The SMILES string of the molecule is Cc1nn(C)cc1-c1cc(C(=O)N2CCCC[C@H]2c2ncc(Cc3cccc(Cl)c3)o2)on1. The molecule has 8 nitrogen and oxygen atoms in total. The lowest BCUT2D eigenvalue weighted by atomic mass is 10.0. The first-order chi connectivity index (χ1) is 16.0. The number of likely N-dealkylation sites (tertiary alicyclic amines) is 1. The van der Waals surface area contributed by atoms with E-state index in [1.54, 1.807) is 21.8 Å². The van der Waals surface area contributed by atoms with E-state index < -0.39 is 0 Å². The second kappa shape index (κ2) is 8.86. The van der Waals surface area contributed by atoms with Crippen molar-refractivity contribution in [1.29, 1.82) is 0 Å². The summed E-state index contributed by atoms with van der Waals surface area (Å²) in [5, 5.41) is 9.12. The number of benzene rings is 1. The van der Waals surface area contributed by atoms with Gasteiger partial charge in [0.15, 0.2) is 0 Å². The zero-order chi connectivity index (χ0) is 22.9. The summed E-state index contributed by atoms with van der Waals surface area (Å²) < 4.78 is 13.2. The second-order valence-electron chi connectivity index (χ2n) is 8.36. The van der Waals surface area contributed by atoms with E-state index in [9.17, 15) is 4.79 Å². The summed E-state index contributed by atoms with van der Waals surface area (Å²) in [7, 11) is 1.85. The summed E-state index contributed by atoms with van der Waals surface area (Å²) in [6, 6.07) is 9.09. The molecule has 33 heavy (non-hydrogen) atoms. The fraction of sp³-hybridized carbons (Fsp3) is 0.333. The van der Waals surface area contributed by atoms with E-state index >= 15 is 0 Å². The number of piperidine rings is 1. The molecule has 1 fully saturated rings. The number of aromatic nitrogens is 4. The molecule has 4 heterocycles. The minimum atomic E-state index is -0.243. The van der Waals surface area contributed by atoms with Gasteiger partial charge in [-0.05, 0) is 43.9 Å². The van der Waals surface area contributed by atoms with E-state index in [2.05, 4.69) is 15.2 Å². The number of carbonyl (C=O) groups is 1. The van der Waals surface area contributed by atoms with Crippen LogP contribution < -0.4 is 0 Å². The molecule has 0 bridgehead atoms. The molecule has 1 aromatic carbocycles. The normalized spacial score (nSPS) is 16.3. The van der Waals surface area contributed by atoms with Crippen LogP contribution in [-0.2, 0) is 13.5 Å². The molecule has 0 unspecified atom stereocenters. The van der Waals surface area contributed by atoms with Gasteiger partial charge < -0.3 is 13.8 Å². The first-order valence-corrected chi connectivity index (χ1v) is 11.3. The van der Waals surface area contributed by atoms with Crippen LogP contribution in [0.5, 0.6) is 0 Å². The maximum atomic E-state index is 13.3. The van der Waals surface area contributed by atoms with E-state index in [4.69, 9.17) is 20.5 Å². The third-order valence-corrected chi connectivity index (χ3v) is 6.13. The van der Waals surface area contributed by atoms with Gasteiger partial charge in [0.2, 0.25) is 11.7 Å². The number of amides is 1. The first-order valence-electron chi connectivity index (χ1n) is 11.0. The predicted octanol–water partition coefficient (Wildman–Crippen LogP) is 4.98. The highest BCUT2D eigenvalue weighted by molar-refractivity contribution is 6.30. The fourth-order valence-corrected chi connectivity index (χ4v) is 4.55. The van der Waals surface area contributed by atoms with Gasteiger partial charge in [-0.25, -0.2) is 4.98 Å². The van der Waals surface area contributed by atoms with Crippen LogP contribution >= 0.6 is 11.6 Å². The monoisotopic (exact) mass is 465 g/mol. The largest absolute Gasteiger partial charge is 0.443 e. The summed E-state index contributed by atoms with van der Waals surface area (Å²) in [6.07, 6.45) is 6.87. The van der Waals surface area contributed by atoms with Gasteiger partial charge in [-0.2, -0.15) is 5.10 Å². The minimum Gasteiger partial charge on any atom is -0.443 e. The molecule has 0 aliphatic carbocycles. The Balaban J connectivity index is 1.35. The standard InChI is InChI=1S/C24H24ClN5O3/c1-15-19(14-29(2)27-15)20-12-22(33-28-20)24(31)30-9-4-3-8-21(30)23-26-13-18(32-23)11-16-6-5-7-17(25)10-16/h5-7,10,12-14,21H,3-4,8-9,11H2,1-2H3/t21-/m0/s1. The number of rotatable bonds is 5. The number of carbonyl (C=O) groups excluding carboxylic acids is 1. The molecular weight excluding hydrogens is 442 g/mol. The molecule has 0 radical (unpaired) electrons. The van der Waals surface area contributed by atoms with Crippen LogP contribution in [0.25, 0.3) is 11.3 Å². The van der Waals surface area contributed by atoms with Gasteiger partial charge >= 0.3 is 0 Å². The predicted molar refractivity (Wildman–Crippen MR) is 122 cm³/mol. The van der Waals surface area contributed by atoms with Crippen LogP contribution in [0.3, 0.4) is 0 Å². The second-order valence-corrected chi connectivity index (χ2v) is 8.80. The minimum absolute atomic E-state index is 0.200. The Hall–Kier alpha value is -3.39. The summed E-state index contributed by atoms with van der Waals surface area (Å²) in [4.78, 5) is 19.6. The molecule has 1 saturated heterocycles. The van der Waals surface area contributed by atoms with Crippen LogP contribution in [-0.4, -0.2) is 37.3 Å². The lowest BCUT2D eigenvalue weighted by molar-refractivity contribution is 0.0528. The Kier molecular flexibility index (Phi) is 5.76. The smallest absolute Gasteiger partial charge is 0.293 e. The van der Waals surface area contributed by atoms with Crippen molar-refractivity contribution in [2.75, 3.05) is 6.54 Å². The number of aryl methyl sites for hydroxylation is 2. The highest BCUT2D eigenvalue weighted by Crippen LogP contribution is 2.33. The highest BCUT2D eigenvalue weighted by Gasteiger charge is 2.34. The van der Waals surface area contributed by atoms with Crippen molar-refractivity contribution in [3.05, 3.63) is 76.4 Å². The van der Waals surface area contributed by atoms with Crippen molar-refractivity contribution < 1.29 is 13.7 Å². The number of nitrogens with zero attached hydrogens (tertiary/aromatic N) is 5. The molecule has 1 atom stereocenters. The molecule has 1 aliphatic rings. The van der Waals surface area contributed by atoms with E-state index in [1.165, 1.54) is 0 Å². The Morgan fingerprint density at radius 2 is 2.15 bits per heavy atom. The quantitative estimate of drug-likeness (QED) is 0.412. The lowest BCUT2D eigenvalue weighted by Gasteiger charge is -2.32. The molecule has 0 saturated carbocycles. The van der Waals surface area contributed by atoms with Crippen LogP contribution in [0.2, 0.25) is 5.02 Å². The fourth-order valence-electron chi connectivity index (χ4n) is 4.33. The van der Waals surface area contributed by atoms with E-state index in [0.29, 0.717) is 29.6 Å². The molecule has 0 spiro atoms. The Labute approximate surface area is 196 Å². The molecule has 170 valence electrons. The number of halogens is 1. The molecule has 4 aromatic rings. The van der Waals surface area contributed by atoms with Crippen molar-refractivity contribution in [2.45, 2.75) is 38.6 Å². The van der Waals surface area contributed by atoms with Crippen molar-refractivity contribution in [2.24, 2.45) is 7.05 Å². The van der Waals surface area contributed by atoms with E-state index in [-0.39, 0.29) is 17.7 Å². The zero-order valence-corrected chi connectivity index (χ0v) is 19.2. The Morgan fingerprint density at radius 1 is 1.27 bits per heavy atom. The van der Waals surface area contributed by atoms with Crippen molar-refractivity contribution in [1.82, 2.24) is 24.8 Å². The van der Waals surface area contributed by atoms with Crippen LogP contribution in [0, 0.1) is 6.92 Å². The summed E-state index contributed by atoms with van der Waals surface area (Å²) in [5.74, 6) is 1.27. The Morgan fingerprint density at radius 3 is 2.94 bits per heavy atom. The van der Waals surface area contributed by atoms with Gasteiger partial charge in [-0.3, -0.25) is 9.48 Å². The summed E-state index contributed by atoms with van der Waals surface area (Å²) in [5.41, 5.74) is 3.31. The third-order valence-electron chi connectivity index (χ3n) is 5.90. The van der Waals surface area contributed by atoms with Gasteiger partial charge in [0, 0.05) is 42.9 Å². The average molecular weight is 466 g/mol. The van der Waals surface area contributed by atoms with E-state index in [1.807, 2.05) is 44.4 Å². The molecule has 1 aliphatic heterocycles. The molecule has 9 heteroatoms. The van der Waals surface area contributed by atoms with Crippen molar-refractivity contribution >= 4 is 17.5 Å². The van der Waals surface area contributed by atoms with Crippen LogP contribution in [0.4, 0.5) is 0 Å². The number of hydrogen-bond donors (Lipinski definition) is 0. The van der Waals surface area contributed by atoms with Gasteiger partial charge in [-0.15, -0.1) is 0 Å². The summed E-state index contributed by atoms with van der Waals surface area (Å²) >= 11 is 6.09. The third kappa shape index (κ3) is 4.43. The van der Waals surface area contributed by atoms with Gasteiger partial charge in [0.05, 0.1) is 11.9 Å². The molecule has 3 aromatic heterocycles. The van der Waals surface area contributed by atoms with Crippen LogP contribution in [0.1, 0.15) is 58.8 Å². The maximum absolute atomic E-state index is 13.3. The van der Waals surface area contributed by atoms with Gasteiger partial charge in [0.1, 0.15) is 17.5 Å². The van der Waals surface area contributed by atoms with Crippen molar-refractivity contribution in [3.8, 4) is 11.3 Å². The average Bonchev–Trinajstić information content (AvgIpc) is 3.53. The topological polar surface area (TPSA) is 90.2 Å². The molecule has 1 amide bonds. The molecule has 5 rings (SSSR count). The zero-order valence-electron chi connectivity index (χ0n) is 18.5. The summed E-state index contributed by atoms with van der Waals surface area (Å²) in [6.45, 7) is 2.51. The Bertz CT molecular complexity index is 1290. The first kappa shape index (κ1) is 21.5. The molecule has 0 N–H and O–H groups in total. The van der Waals surface area contributed by atoms with Crippen molar-refractivity contribution in [3.63, 3.8) is 0 Å². The van der Waals surface area contributed by atoms with Gasteiger partial charge in [-0.1, -0.05) is 28.9 Å². The lowest BCUT2D eigenvalue weighted by Crippen LogP contribution is -2.38. The number of oxazole rings is 1. The van der Waals surface area contributed by atoms with Crippen LogP contribution in [0.15, 0.2) is 51.7 Å². The van der Waals surface area contributed by atoms with Gasteiger partial charge in [0.25, 0.3) is 5.91 Å². The number of hydrogen-bond acceptors (Lipinski definition) is 6. The highest BCUT2D eigenvalue weighted by atomic mass is 35.5. The molecular formula is C24H24ClN5O3. The van der Waals surface area contributed by atoms with E-state index in [0.717, 1.165) is 41.8 Å².